The number of methoxy groups -OCH3 is 2. The number of ether oxygens (including phenoxy) is 3. The molecule has 9 nitrogen and oxygen atoms in total. The highest BCUT2D eigenvalue weighted by molar-refractivity contribution is 9.10. The van der Waals surface area contributed by atoms with Crippen LogP contribution in [0.1, 0.15) is 5.56 Å². The second-order valence-electron chi connectivity index (χ2n) is 6.69. The number of carbonyl (C=O) groups excluding carboxylic acids is 4. The summed E-state index contributed by atoms with van der Waals surface area (Å²) in [5, 5.41) is 2.40. The summed E-state index contributed by atoms with van der Waals surface area (Å²) in [5.74, 6) is -1.28. The SMILES string of the molecule is COC(=O)COc1c(/C=C2/SC(=O)N(CC(=O)Nc3ccc(Br)c(Cl)c3)C2=O)cccc1OC. The van der Waals surface area contributed by atoms with Crippen molar-refractivity contribution in [2.75, 3.05) is 32.7 Å². The molecule has 34 heavy (non-hydrogen) atoms. The van der Waals surface area contributed by atoms with Gasteiger partial charge >= 0.3 is 5.97 Å². The average Bonchev–Trinajstić information content (AvgIpc) is 3.07. The summed E-state index contributed by atoms with van der Waals surface area (Å²) in [7, 11) is 2.65. The molecule has 3 amide bonds. The summed E-state index contributed by atoms with van der Waals surface area (Å²) in [6.45, 7) is -0.848. The van der Waals surface area contributed by atoms with E-state index < -0.39 is 29.6 Å². The molecule has 0 atom stereocenters. The number of esters is 1. The molecule has 1 N–H and O–H groups in total. The van der Waals surface area contributed by atoms with Crippen LogP contribution in [0.3, 0.4) is 0 Å². The number of nitrogens with zero attached hydrogens (tertiary/aromatic N) is 1. The average molecular weight is 570 g/mol. The maximum absolute atomic E-state index is 12.8. The highest BCUT2D eigenvalue weighted by Gasteiger charge is 2.36. The summed E-state index contributed by atoms with van der Waals surface area (Å²) < 4.78 is 16.0. The van der Waals surface area contributed by atoms with Crippen LogP contribution in [0.2, 0.25) is 5.02 Å². The van der Waals surface area contributed by atoms with Crippen molar-refractivity contribution in [3.63, 3.8) is 0 Å². The molecule has 0 aliphatic carbocycles. The van der Waals surface area contributed by atoms with Gasteiger partial charge in [0, 0.05) is 15.7 Å². The molecule has 0 radical (unpaired) electrons. The van der Waals surface area contributed by atoms with Crippen LogP contribution in [0, 0.1) is 0 Å². The Hall–Kier alpha value is -3.02. The maximum Gasteiger partial charge on any atom is 0.343 e. The Kier molecular flexibility index (Phi) is 8.59. The smallest absolute Gasteiger partial charge is 0.343 e. The van der Waals surface area contributed by atoms with Crippen molar-refractivity contribution >= 4 is 74.1 Å². The fourth-order valence-electron chi connectivity index (χ4n) is 2.85. The molecule has 1 aliphatic rings. The Morgan fingerprint density at radius 2 is 1.97 bits per heavy atom. The van der Waals surface area contributed by atoms with Gasteiger partial charge in [0.1, 0.15) is 6.54 Å². The van der Waals surface area contributed by atoms with Gasteiger partial charge in [0.25, 0.3) is 11.1 Å². The number of rotatable bonds is 8. The molecule has 2 aromatic rings. The number of halogens is 2. The third-order valence-electron chi connectivity index (χ3n) is 4.46. The summed E-state index contributed by atoms with van der Waals surface area (Å²) >= 11 is 9.96. The lowest BCUT2D eigenvalue weighted by atomic mass is 10.1. The number of amides is 3. The van der Waals surface area contributed by atoms with Gasteiger partial charge in [-0.25, -0.2) is 4.79 Å². The van der Waals surface area contributed by atoms with E-state index in [2.05, 4.69) is 26.0 Å². The molecule has 3 rings (SSSR count). The summed E-state index contributed by atoms with van der Waals surface area (Å²) in [6.07, 6.45) is 1.44. The standard InChI is InChI=1S/C22H18BrClN2O7S/c1-31-16-5-3-4-12(20(16)33-11-19(28)32-2)8-17-21(29)26(22(30)34-17)10-18(27)25-13-6-7-14(23)15(24)9-13/h3-9H,10-11H2,1-2H3,(H,25,27)/b17-8+. The lowest BCUT2D eigenvalue weighted by molar-refractivity contribution is -0.143. The predicted molar refractivity (Wildman–Crippen MR) is 131 cm³/mol. The van der Waals surface area contributed by atoms with Crippen LogP contribution in [-0.2, 0) is 19.1 Å². The zero-order valence-corrected chi connectivity index (χ0v) is 21.1. The minimum atomic E-state index is -0.638. The minimum Gasteiger partial charge on any atom is -0.493 e. The van der Waals surface area contributed by atoms with Crippen LogP contribution in [0.5, 0.6) is 11.5 Å². The number of thioether (sulfide) groups is 1. The lowest BCUT2D eigenvalue weighted by Crippen LogP contribution is -2.36. The molecular weight excluding hydrogens is 552 g/mol. The monoisotopic (exact) mass is 568 g/mol. The number of para-hydroxylation sites is 1. The summed E-state index contributed by atoms with van der Waals surface area (Å²) in [5.41, 5.74) is 0.826. The van der Waals surface area contributed by atoms with Crippen molar-refractivity contribution in [2.45, 2.75) is 0 Å². The molecule has 1 aliphatic heterocycles. The number of hydrogen-bond acceptors (Lipinski definition) is 8. The van der Waals surface area contributed by atoms with Crippen molar-refractivity contribution in [3.05, 3.63) is 56.4 Å². The Labute approximate surface area is 212 Å². The molecule has 0 spiro atoms. The first-order chi connectivity index (χ1) is 16.2. The molecule has 0 aromatic heterocycles. The van der Waals surface area contributed by atoms with E-state index in [0.717, 1.165) is 4.90 Å². The zero-order chi connectivity index (χ0) is 24.8. The van der Waals surface area contributed by atoms with Crippen molar-refractivity contribution in [1.82, 2.24) is 4.90 Å². The molecule has 0 saturated carbocycles. The Morgan fingerprint density at radius 3 is 2.65 bits per heavy atom. The lowest BCUT2D eigenvalue weighted by Gasteiger charge is -2.13. The van der Waals surface area contributed by atoms with E-state index in [-0.39, 0.29) is 17.3 Å². The highest BCUT2D eigenvalue weighted by Crippen LogP contribution is 2.37. The van der Waals surface area contributed by atoms with Gasteiger partial charge in [-0.15, -0.1) is 0 Å². The summed E-state index contributed by atoms with van der Waals surface area (Å²) in [6, 6.07) is 9.74. The van der Waals surface area contributed by atoms with E-state index in [4.69, 9.17) is 21.1 Å². The molecule has 0 unspecified atom stereocenters. The van der Waals surface area contributed by atoms with E-state index in [1.54, 1.807) is 30.3 Å². The largest absolute Gasteiger partial charge is 0.493 e. The van der Waals surface area contributed by atoms with Gasteiger partial charge < -0.3 is 19.5 Å². The van der Waals surface area contributed by atoms with E-state index in [0.29, 0.717) is 38.3 Å². The first-order valence-electron chi connectivity index (χ1n) is 9.60. The first-order valence-corrected chi connectivity index (χ1v) is 11.6. The minimum absolute atomic E-state index is 0.0839. The molecule has 1 saturated heterocycles. The van der Waals surface area contributed by atoms with Crippen molar-refractivity contribution in [2.24, 2.45) is 0 Å². The molecule has 1 fully saturated rings. The number of anilines is 1. The Balaban J connectivity index is 1.77. The number of carbonyl (C=O) groups is 4. The van der Waals surface area contributed by atoms with Crippen molar-refractivity contribution < 1.29 is 33.4 Å². The molecule has 1 heterocycles. The van der Waals surface area contributed by atoms with Gasteiger partial charge in [-0.2, -0.15) is 0 Å². The van der Waals surface area contributed by atoms with E-state index in [1.165, 1.54) is 26.4 Å². The third kappa shape index (κ3) is 6.10. The second kappa shape index (κ2) is 11.4. The van der Waals surface area contributed by atoms with Gasteiger partial charge in [-0.3, -0.25) is 19.3 Å². The van der Waals surface area contributed by atoms with E-state index in [1.807, 2.05) is 0 Å². The number of imide groups is 1. The van der Waals surface area contributed by atoms with Gasteiger partial charge in [-0.1, -0.05) is 23.7 Å². The molecule has 178 valence electrons. The van der Waals surface area contributed by atoms with Gasteiger partial charge in [0.05, 0.1) is 24.1 Å². The van der Waals surface area contributed by atoms with Crippen LogP contribution < -0.4 is 14.8 Å². The molecule has 2 aromatic carbocycles. The first kappa shape index (κ1) is 25.6. The number of hydrogen-bond donors (Lipinski definition) is 1. The van der Waals surface area contributed by atoms with Crippen LogP contribution >= 0.6 is 39.3 Å². The quantitative estimate of drug-likeness (QED) is 0.369. The normalized spacial score (nSPS) is 14.4. The van der Waals surface area contributed by atoms with Crippen LogP contribution in [-0.4, -0.2) is 55.3 Å². The Bertz CT molecular complexity index is 1190. The fraction of sp³-hybridized carbons (Fsp3) is 0.182. The summed E-state index contributed by atoms with van der Waals surface area (Å²) in [4.78, 5) is 50.1. The van der Waals surface area contributed by atoms with Gasteiger partial charge in [-0.05, 0) is 58.0 Å². The second-order valence-corrected chi connectivity index (χ2v) is 8.94. The van der Waals surface area contributed by atoms with Crippen LogP contribution in [0.25, 0.3) is 6.08 Å². The van der Waals surface area contributed by atoms with E-state index >= 15 is 0 Å². The van der Waals surface area contributed by atoms with E-state index in [9.17, 15) is 19.2 Å². The Morgan fingerprint density at radius 1 is 1.21 bits per heavy atom. The number of benzene rings is 2. The van der Waals surface area contributed by atoms with Crippen molar-refractivity contribution in [3.8, 4) is 11.5 Å². The van der Waals surface area contributed by atoms with Crippen molar-refractivity contribution in [1.29, 1.82) is 0 Å². The number of nitrogens with one attached hydrogen (secondary N) is 1. The van der Waals surface area contributed by atoms with Gasteiger partial charge in [0.2, 0.25) is 5.91 Å². The maximum atomic E-state index is 12.8. The molecule has 0 bridgehead atoms. The molecular formula is C22H18BrClN2O7S. The zero-order valence-electron chi connectivity index (χ0n) is 17.9. The van der Waals surface area contributed by atoms with Crippen LogP contribution in [0.15, 0.2) is 45.8 Å². The van der Waals surface area contributed by atoms with Gasteiger partial charge in [0.15, 0.2) is 18.1 Å². The topological polar surface area (TPSA) is 111 Å². The highest BCUT2D eigenvalue weighted by atomic mass is 79.9. The fourth-order valence-corrected chi connectivity index (χ4v) is 4.10. The van der Waals surface area contributed by atoms with Crippen LogP contribution in [0.4, 0.5) is 10.5 Å². The molecule has 12 heteroatoms. The predicted octanol–water partition coefficient (Wildman–Crippen LogP) is 4.34. The third-order valence-corrected chi connectivity index (χ3v) is 6.60.